The lowest BCUT2D eigenvalue weighted by Gasteiger charge is -2.15. The predicted octanol–water partition coefficient (Wildman–Crippen LogP) is 4.38. The molecule has 0 aliphatic carbocycles. The standard InChI is InChI=1S/C25H23ClN4O5S/c1-2-34-25(31)35-20-12-8-18(9-13-20)23-22(17-6-4-3-5-7-17)16-30(28-23)24(27)29-36(32,33)21-14-10-19(26)11-15-21/h3-15,22H,2,16H2,1H3,(H2,27,29). The van der Waals surface area contributed by atoms with Gasteiger partial charge in [-0.1, -0.05) is 41.9 Å². The van der Waals surface area contributed by atoms with E-state index in [0.717, 1.165) is 11.1 Å². The summed E-state index contributed by atoms with van der Waals surface area (Å²) < 4.78 is 39.2. The summed E-state index contributed by atoms with van der Waals surface area (Å²) in [5, 5.41) is 6.38. The summed E-state index contributed by atoms with van der Waals surface area (Å²) >= 11 is 5.86. The van der Waals surface area contributed by atoms with Gasteiger partial charge in [0.1, 0.15) is 5.75 Å². The summed E-state index contributed by atoms with van der Waals surface area (Å²) in [7, 11) is -4.07. The van der Waals surface area contributed by atoms with Gasteiger partial charge in [0.05, 0.1) is 23.8 Å². The molecule has 4 rings (SSSR count). The Labute approximate surface area is 213 Å². The SMILES string of the molecule is CCOC(=O)Oc1ccc(C2=NN(/C(N)=N/S(=O)(=O)c3ccc(Cl)cc3)CC2c2ccccc2)cc1. The van der Waals surface area contributed by atoms with Crippen LogP contribution in [-0.4, -0.2) is 44.4 Å². The molecule has 0 fully saturated rings. The van der Waals surface area contributed by atoms with E-state index in [4.69, 9.17) is 26.8 Å². The highest BCUT2D eigenvalue weighted by Gasteiger charge is 2.31. The maximum Gasteiger partial charge on any atom is 0.513 e. The highest BCUT2D eigenvalue weighted by atomic mass is 35.5. The molecule has 0 aromatic heterocycles. The van der Waals surface area contributed by atoms with Crippen molar-refractivity contribution in [1.29, 1.82) is 0 Å². The second-order valence-corrected chi connectivity index (χ2v) is 9.76. The molecule has 3 aromatic carbocycles. The van der Waals surface area contributed by atoms with E-state index in [1.165, 1.54) is 29.3 Å². The molecule has 186 valence electrons. The Hall–Kier alpha value is -3.89. The summed E-state index contributed by atoms with van der Waals surface area (Å²) in [6, 6.07) is 22.1. The van der Waals surface area contributed by atoms with Crippen molar-refractivity contribution in [3.63, 3.8) is 0 Å². The maximum absolute atomic E-state index is 12.7. The molecule has 3 aromatic rings. The monoisotopic (exact) mass is 526 g/mol. The first-order valence-corrected chi connectivity index (χ1v) is 12.8. The molecular weight excluding hydrogens is 504 g/mol. The third-order valence-corrected chi connectivity index (χ3v) is 6.87. The molecule has 0 spiro atoms. The molecule has 0 radical (unpaired) electrons. The number of rotatable bonds is 6. The van der Waals surface area contributed by atoms with E-state index in [9.17, 15) is 13.2 Å². The average molecular weight is 527 g/mol. The minimum atomic E-state index is -4.07. The fourth-order valence-electron chi connectivity index (χ4n) is 3.62. The van der Waals surface area contributed by atoms with E-state index in [0.29, 0.717) is 16.5 Å². The zero-order valence-corrected chi connectivity index (χ0v) is 20.8. The van der Waals surface area contributed by atoms with Crippen LogP contribution in [0.3, 0.4) is 0 Å². The van der Waals surface area contributed by atoms with Crippen molar-refractivity contribution in [2.24, 2.45) is 15.2 Å². The highest BCUT2D eigenvalue weighted by Crippen LogP contribution is 2.30. The van der Waals surface area contributed by atoms with Crippen molar-refractivity contribution < 1.29 is 22.7 Å². The molecule has 0 bridgehead atoms. The Morgan fingerprint density at radius 1 is 1.08 bits per heavy atom. The minimum Gasteiger partial charge on any atom is -0.434 e. The van der Waals surface area contributed by atoms with Crippen molar-refractivity contribution in [2.45, 2.75) is 17.7 Å². The van der Waals surface area contributed by atoms with Crippen LogP contribution in [0.5, 0.6) is 5.75 Å². The summed E-state index contributed by atoms with van der Waals surface area (Å²) in [5.41, 5.74) is 8.49. The molecular formula is C25H23ClN4O5S. The van der Waals surface area contributed by atoms with Gasteiger partial charge < -0.3 is 15.2 Å². The van der Waals surface area contributed by atoms with Crippen LogP contribution < -0.4 is 10.5 Å². The average Bonchev–Trinajstić information content (AvgIpc) is 3.31. The van der Waals surface area contributed by atoms with E-state index in [1.807, 2.05) is 30.3 Å². The summed E-state index contributed by atoms with van der Waals surface area (Å²) in [6.45, 7) is 2.18. The topological polar surface area (TPSA) is 124 Å². The number of sulfonamides is 1. The lowest BCUT2D eigenvalue weighted by molar-refractivity contribution is 0.104. The fraction of sp³-hybridized carbons (Fsp3) is 0.160. The Morgan fingerprint density at radius 3 is 2.39 bits per heavy atom. The zero-order valence-electron chi connectivity index (χ0n) is 19.2. The minimum absolute atomic E-state index is 0.0324. The summed E-state index contributed by atoms with van der Waals surface area (Å²) in [5.74, 6) is -0.155. The lowest BCUT2D eigenvalue weighted by Crippen LogP contribution is -2.33. The number of carbonyl (C=O) groups excluding carboxylic acids is 1. The van der Waals surface area contributed by atoms with E-state index < -0.39 is 16.2 Å². The first-order chi connectivity index (χ1) is 17.3. The third-order valence-electron chi connectivity index (χ3n) is 5.32. The zero-order chi connectivity index (χ0) is 25.7. The van der Waals surface area contributed by atoms with Gasteiger partial charge in [-0.05, 0) is 66.6 Å². The molecule has 1 aliphatic heterocycles. The van der Waals surface area contributed by atoms with Gasteiger partial charge in [0.2, 0.25) is 5.96 Å². The number of ether oxygens (including phenoxy) is 2. The van der Waals surface area contributed by atoms with Crippen LogP contribution in [0, 0.1) is 0 Å². The number of hydrogen-bond acceptors (Lipinski definition) is 6. The lowest BCUT2D eigenvalue weighted by atomic mass is 9.90. The molecule has 0 saturated carbocycles. The Kier molecular flexibility index (Phi) is 7.56. The van der Waals surface area contributed by atoms with E-state index in [-0.39, 0.29) is 29.9 Å². The number of guanidine groups is 1. The first-order valence-electron chi connectivity index (χ1n) is 11.0. The molecule has 0 saturated heterocycles. The van der Waals surface area contributed by atoms with Crippen LogP contribution in [0.2, 0.25) is 5.02 Å². The largest absolute Gasteiger partial charge is 0.513 e. The predicted molar refractivity (Wildman–Crippen MR) is 137 cm³/mol. The molecule has 0 amide bonds. The third kappa shape index (κ3) is 5.84. The van der Waals surface area contributed by atoms with Crippen LogP contribution in [0.25, 0.3) is 0 Å². The number of benzene rings is 3. The van der Waals surface area contributed by atoms with Crippen LogP contribution in [0.15, 0.2) is 93.3 Å². The van der Waals surface area contributed by atoms with Crippen molar-refractivity contribution in [2.75, 3.05) is 13.2 Å². The number of nitrogens with two attached hydrogens (primary N) is 1. The van der Waals surface area contributed by atoms with Gasteiger partial charge in [-0.2, -0.15) is 13.5 Å². The van der Waals surface area contributed by atoms with E-state index in [1.54, 1.807) is 31.2 Å². The van der Waals surface area contributed by atoms with Crippen molar-refractivity contribution in [1.82, 2.24) is 5.01 Å². The van der Waals surface area contributed by atoms with E-state index in [2.05, 4.69) is 9.50 Å². The van der Waals surface area contributed by atoms with Crippen LogP contribution in [0.1, 0.15) is 24.0 Å². The smallest absolute Gasteiger partial charge is 0.434 e. The molecule has 2 N–H and O–H groups in total. The Balaban J connectivity index is 1.64. The number of carbonyl (C=O) groups is 1. The van der Waals surface area contributed by atoms with Crippen molar-refractivity contribution in [3.8, 4) is 5.75 Å². The molecule has 1 atom stereocenters. The molecule has 1 heterocycles. The number of halogens is 1. The van der Waals surface area contributed by atoms with Gasteiger partial charge >= 0.3 is 6.16 Å². The van der Waals surface area contributed by atoms with E-state index >= 15 is 0 Å². The summed E-state index contributed by atoms with van der Waals surface area (Å²) in [4.78, 5) is 11.6. The van der Waals surface area contributed by atoms with Crippen LogP contribution in [0.4, 0.5) is 4.79 Å². The maximum atomic E-state index is 12.7. The van der Waals surface area contributed by atoms with Crippen LogP contribution in [-0.2, 0) is 14.8 Å². The van der Waals surface area contributed by atoms with Crippen LogP contribution >= 0.6 is 11.6 Å². The molecule has 11 heteroatoms. The Bertz CT molecular complexity index is 1390. The number of hydrogen-bond donors (Lipinski definition) is 1. The van der Waals surface area contributed by atoms with Gasteiger partial charge in [-0.25, -0.2) is 9.80 Å². The molecule has 36 heavy (non-hydrogen) atoms. The van der Waals surface area contributed by atoms with Gasteiger partial charge in [0.25, 0.3) is 10.0 Å². The number of hydrazone groups is 1. The van der Waals surface area contributed by atoms with Gasteiger partial charge in [-0.15, -0.1) is 4.40 Å². The van der Waals surface area contributed by atoms with Gasteiger partial charge in [0.15, 0.2) is 0 Å². The molecule has 9 nitrogen and oxygen atoms in total. The van der Waals surface area contributed by atoms with Gasteiger partial charge in [-0.3, -0.25) is 0 Å². The number of nitrogens with zero attached hydrogens (tertiary/aromatic N) is 3. The highest BCUT2D eigenvalue weighted by molar-refractivity contribution is 7.90. The Morgan fingerprint density at radius 2 is 1.75 bits per heavy atom. The molecule has 1 unspecified atom stereocenters. The fourth-order valence-corrected chi connectivity index (χ4v) is 4.67. The second-order valence-electron chi connectivity index (χ2n) is 7.72. The first kappa shape index (κ1) is 25.2. The molecule has 1 aliphatic rings. The van der Waals surface area contributed by atoms with Gasteiger partial charge in [0, 0.05) is 10.9 Å². The summed E-state index contributed by atoms with van der Waals surface area (Å²) in [6.07, 6.45) is -0.789. The quantitative estimate of drug-likeness (QED) is 0.219. The second kappa shape index (κ2) is 10.8. The van der Waals surface area contributed by atoms with Crippen molar-refractivity contribution >= 4 is 39.5 Å². The normalized spacial score (nSPS) is 15.9. The van der Waals surface area contributed by atoms with Crippen molar-refractivity contribution in [3.05, 3.63) is 95.0 Å².